The van der Waals surface area contributed by atoms with Crippen molar-refractivity contribution < 1.29 is 12.0 Å². The largest absolute Gasteiger partial charge is 0.507 e. The Bertz CT molecular complexity index is 3520. The smallest absolute Gasteiger partial charge is 0.149 e. The van der Waals surface area contributed by atoms with Gasteiger partial charge in [-0.1, -0.05) is 165 Å². The van der Waals surface area contributed by atoms with E-state index >= 15 is 0 Å². The molecule has 0 aliphatic rings. The summed E-state index contributed by atoms with van der Waals surface area (Å²) in [5, 5.41) is 12.6. The van der Waals surface area contributed by atoms with Crippen molar-refractivity contribution in [2.75, 3.05) is 0 Å². The first-order chi connectivity index (χ1) is 33.4. The highest BCUT2D eigenvalue weighted by Crippen LogP contribution is 2.46. The molecule has 0 bridgehead atoms. The maximum Gasteiger partial charge on any atom is 0.149 e. The average Bonchev–Trinajstić information content (AvgIpc) is 3.71. The summed E-state index contributed by atoms with van der Waals surface area (Å²) in [6.45, 7) is 23.5. The van der Waals surface area contributed by atoms with E-state index in [4.69, 9.17) is 16.8 Å². The molecule has 0 unspecified atom stereocenters. The molecule has 0 spiro atoms. The van der Waals surface area contributed by atoms with Gasteiger partial charge in [0.15, 0.2) is 0 Å². The van der Waals surface area contributed by atoms with Crippen molar-refractivity contribution >= 4 is 11.0 Å². The molecule has 2 aromatic heterocycles. The lowest BCUT2D eigenvalue weighted by atomic mass is 9.78. The minimum Gasteiger partial charge on any atom is -0.507 e. The predicted octanol–water partition coefficient (Wildman–Crippen LogP) is 16.6. The Morgan fingerprint density at radius 3 is 1.86 bits per heavy atom. The number of imidazole rings is 1. The lowest BCUT2D eigenvalue weighted by Crippen LogP contribution is -2.18. The average molecular weight is 869 g/mol. The Kier molecular flexibility index (Phi) is 9.71. The summed E-state index contributed by atoms with van der Waals surface area (Å²) in [6, 6.07) is 42.1. The minimum absolute atomic E-state index is 0.138. The maximum atomic E-state index is 12.6. The number of aromatic nitrogens is 3. The molecule has 9 rings (SSSR count). The molecule has 0 amide bonds. The zero-order valence-corrected chi connectivity index (χ0v) is 40.0. The van der Waals surface area contributed by atoms with Gasteiger partial charge in [-0.05, 0) is 146 Å². The molecule has 0 atom stereocenters. The number of nitrogens with zero attached hydrogens (tertiary/aromatic N) is 3. The van der Waals surface area contributed by atoms with E-state index in [2.05, 4.69) is 184 Å². The molecule has 2 heterocycles. The van der Waals surface area contributed by atoms with E-state index in [1.165, 1.54) is 16.7 Å². The summed E-state index contributed by atoms with van der Waals surface area (Å²) in [5.74, 6) is 0.699. The maximum absolute atomic E-state index is 12.6. The van der Waals surface area contributed by atoms with Crippen molar-refractivity contribution in [3.63, 3.8) is 0 Å². The highest BCUT2D eigenvalue weighted by atomic mass is 16.3. The van der Waals surface area contributed by atoms with Crippen LogP contribution in [0.4, 0.5) is 0 Å². The number of para-hydroxylation sites is 1. The van der Waals surface area contributed by atoms with Gasteiger partial charge in [-0.25, -0.2) is 4.98 Å². The standard InChI is InChI=1S/C62H61N3O/c1-39-20-18-21-40(2)56(39)44-30-31-63-53(36-44)47-33-45(42-24-16-13-17-25-42)32-46(34-47)49-26-19-27-55-57(49)64-59(50-37-48(60(3,4)5)38-52(58(50)66)62(9,10)11)65(55)54-29-28-43(35-51(54)61(6,7)8)41-22-14-12-15-23-41/h12-38,66H,1-11H3/i12D,14D,15D,22D,23D. The van der Waals surface area contributed by atoms with E-state index in [-0.39, 0.29) is 40.9 Å². The van der Waals surface area contributed by atoms with Crippen LogP contribution < -0.4 is 0 Å². The summed E-state index contributed by atoms with van der Waals surface area (Å²) < 4.78 is 45.2. The van der Waals surface area contributed by atoms with Gasteiger partial charge in [-0.15, -0.1) is 0 Å². The van der Waals surface area contributed by atoms with Gasteiger partial charge in [-0.3, -0.25) is 9.55 Å². The van der Waals surface area contributed by atoms with E-state index in [0.717, 1.165) is 72.5 Å². The molecule has 0 fully saturated rings. The highest BCUT2D eigenvalue weighted by molar-refractivity contribution is 5.98. The van der Waals surface area contributed by atoms with E-state index in [1.807, 2.05) is 30.5 Å². The first-order valence-corrected chi connectivity index (χ1v) is 22.8. The van der Waals surface area contributed by atoms with E-state index in [0.29, 0.717) is 17.0 Å². The summed E-state index contributed by atoms with van der Waals surface area (Å²) >= 11 is 0. The highest BCUT2D eigenvalue weighted by Gasteiger charge is 2.30. The molecule has 4 heteroatoms. The molecule has 66 heavy (non-hydrogen) atoms. The summed E-state index contributed by atoms with van der Waals surface area (Å²) in [4.78, 5) is 10.6. The third kappa shape index (κ3) is 8.37. The van der Waals surface area contributed by atoms with Crippen LogP contribution in [-0.2, 0) is 16.2 Å². The van der Waals surface area contributed by atoms with Crippen LogP contribution in [0.15, 0.2) is 164 Å². The summed E-state index contributed by atoms with van der Waals surface area (Å²) in [6.07, 6.45) is 1.89. The van der Waals surface area contributed by atoms with Gasteiger partial charge in [0.2, 0.25) is 0 Å². The number of hydrogen-bond donors (Lipinski definition) is 1. The molecule has 7 aromatic carbocycles. The zero-order valence-electron chi connectivity index (χ0n) is 45.0. The SMILES string of the molecule is [2H]c1c([2H])c([2H])c(-c2ccc(-n3c(-c4cc(C(C)(C)C)cc(C(C)(C)C)c4O)nc4c(-c5cc(-c6ccccc6)cc(-c6cc(-c7c(C)cccc7C)ccn6)c5)cccc43)c(C(C)(C)C)c2)c([2H])c1[2H]. The third-order valence-corrected chi connectivity index (χ3v) is 12.7. The number of hydrogen-bond acceptors (Lipinski definition) is 3. The molecule has 0 radical (unpaired) electrons. The number of phenolic OH excluding ortho intramolecular Hbond substituents is 1. The number of pyridine rings is 1. The topological polar surface area (TPSA) is 50.9 Å². The fraction of sp³-hybridized carbons (Fsp3) is 0.226. The molecule has 0 saturated carbocycles. The Hall–Kier alpha value is -7.04. The molecule has 0 aliphatic carbocycles. The Balaban J connectivity index is 1.37. The van der Waals surface area contributed by atoms with Crippen LogP contribution in [0.3, 0.4) is 0 Å². The number of fused-ring (bicyclic) bond motifs is 1. The second-order valence-electron chi connectivity index (χ2n) is 20.7. The number of phenols is 1. The Morgan fingerprint density at radius 1 is 0.515 bits per heavy atom. The van der Waals surface area contributed by atoms with E-state index in [1.54, 1.807) is 0 Å². The lowest BCUT2D eigenvalue weighted by molar-refractivity contribution is 0.446. The van der Waals surface area contributed by atoms with Gasteiger partial charge in [0.05, 0.1) is 34.8 Å². The number of rotatable bonds is 7. The van der Waals surface area contributed by atoms with Crippen molar-refractivity contribution in [1.29, 1.82) is 0 Å². The predicted molar refractivity (Wildman–Crippen MR) is 279 cm³/mol. The minimum atomic E-state index is -0.521. The van der Waals surface area contributed by atoms with Crippen LogP contribution in [-0.4, -0.2) is 19.6 Å². The Labute approximate surface area is 398 Å². The second-order valence-corrected chi connectivity index (χ2v) is 20.7. The van der Waals surface area contributed by atoms with Crippen LogP contribution in [0.1, 0.15) is 97.0 Å². The first-order valence-electron chi connectivity index (χ1n) is 25.3. The van der Waals surface area contributed by atoms with Gasteiger partial charge in [-0.2, -0.15) is 0 Å². The van der Waals surface area contributed by atoms with Crippen LogP contribution >= 0.6 is 0 Å². The van der Waals surface area contributed by atoms with Crippen LogP contribution in [0.2, 0.25) is 0 Å². The number of benzene rings is 7. The van der Waals surface area contributed by atoms with Crippen molar-refractivity contribution in [3.8, 4) is 78.6 Å². The molecule has 330 valence electrons. The molecule has 1 N–H and O–H groups in total. The first kappa shape index (κ1) is 38.3. The monoisotopic (exact) mass is 869 g/mol. The normalized spacial score (nSPS) is 13.3. The fourth-order valence-corrected chi connectivity index (χ4v) is 9.19. The molecule has 4 nitrogen and oxygen atoms in total. The van der Waals surface area contributed by atoms with Crippen molar-refractivity contribution in [1.82, 2.24) is 14.5 Å². The third-order valence-electron chi connectivity index (χ3n) is 12.7. The van der Waals surface area contributed by atoms with Crippen molar-refractivity contribution in [2.24, 2.45) is 0 Å². The molecule has 9 aromatic rings. The quantitative estimate of drug-likeness (QED) is 0.174. The van der Waals surface area contributed by atoms with Crippen molar-refractivity contribution in [3.05, 3.63) is 192 Å². The molecule has 0 saturated heterocycles. The zero-order chi connectivity index (χ0) is 51.1. The second kappa shape index (κ2) is 16.7. The molecular weight excluding hydrogens is 803 g/mol. The van der Waals surface area contributed by atoms with Crippen LogP contribution in [0.25, 0.3) is 83.9 Å². The lowest BCUT2D eigenvalue weighted by Gasteiger charge is -2.28. The van der Waals surface area contributed by atoms with Gasteiger partial charge in [0.25, 0.3) is 0 Å². The molecular formula is C62H61N3O. The van der Waals surface area contributed by atoms with Crippen LogP contribution in [0, 0.1) is 13.8 Å². The number of aromatic hydroxyl groups is 1. The van der Waals surface area contributed by atoms with Gasteiger partial charge in [0.1, 0.15) is 11.6 Å². The van der Waals surface area contributed by atoms with E-state index in [9.17, 15) is 5.11 Å². The van der Waals surface area contributed by atoms with Gasteiger partial charge >= 0.3 is 0 Å². The van der Waals surface area contributed by atoms with Crippen molar-refractivity contribution in [2.45, 2.75) is 92.4 Å². The molecule has 0 aliphatic heterocycles. The Morgan fingerprint density at radius 2 is 1.18 bits per heavy atom. The van der Waals surface area contributed by atoms with E-state index < -0.39 is 16.9 Å². The van der Waals surface area contributed by atoms with Gasteiger partial charge < -0.3 is 5.11 Å². The number of aryl methyl sites for hydroxylation is 2. The summed E-state index contributed by atoms with van der Waals surface area (Å²) in [7, 11) is 0. The van der Waals surface area contributed by atoms with Gasteiger partial charge in [0, 0.05) is 22.9 Å². The summed E-state index contributed by atoms with van der Waals surface area (Å²) in [5.41, 5.74) is 15.5. The van der Waals surface area contributed by atoms with Crippen LogP contribution in [0.5, 0.6) is 5.75 Å². The fourth-order valence-electron chi connectivity index (χ4n) is 9.19.